The molecular weight excluding hydrogens is 134 g/mol. The molecule has 64 valence electrons. The van der Waals surface area contributed by atoms with Crippen molar-refractivity contribution in [1.82, 2.24) is 5.32 Å². The zero-order chi connectivity index (χ0) is 7.90. The fourth-order valence-electron chi connectivity index (χ4n) is 2.89. The van der Waals surface area contributed by atoms with E-state index in [1.54, 1.807) is 0 Å². The standard InChI is InChI=1S/C10H19N/c1-10(2)6-8-4-3-5-11-9(8)7-10/h8-9,11H,3-7H2,1-2H3. The first-order chi connectivity index (χ1) is 5.17. The molecular formula is C10H19N. The lowest BCUT2D eigenvalue weighted by Crippen LogP contribution is -2.37. The maximum atomic E-state index is 3.64. The Hall–Kier alpha value is -0.0400. The average molecular weight is 153 g/mol. The highest BCUT2D eigenvalue weighted by atomic mass is 14.9. The van der Waals surface area contributed by atoms with Crippen LogP contribution >= 0.6 is 0 Å². The van der Waals surface area contributed by atoms with Crippen LogP contribution in [0.2, 0.25) is 0 Å². The number of piperidine rings is 1. The van der Waals surface area contributed by atoms with Crippen molar-refractivity contribution in [1.29, 1.82) is 0 Å². The van der Waals surface area contributed by atoms with Crippen molar-refractivity contribution in [2.75, 3.05) is 6.54 Å². The molecule has 1 nitrogen and oxygen atoms in total. The van der Waals surface area contributed by atoms with E-state index in [4.69, 9.17) is 0 Å². The van der Waals surface area contributed by atoms with Crippen LogP contribution < -0.4 is 5.32 Å². The fourth-order valence-corrected chi connectivity index (χ4v) is 2.89. The molecule has 0 aromatic rings. The highest BCUT2D eigenvalue weighted by Crippen LogP contribution is 2.44. The van der Waals surface area contributed by atoms with Crippen LogP contribution in [-0.4, -0.2) is 12.6 Å². The molecule has 2 atom stereocenters. The molecule has 1 heteroatoms. The minimum atomic E-state index is 0.618. The monoisotopic (exact) mass is 153 g/mol. The Kier molecular flexibility index (Phi) is 1.71. The molecule has 1 N–H and O–H groups in total. The van der Waals surface area contributed by atoms with E-state index in [2.05, 4.69) is 19.2 Å². The maximum absolute atomic E-state index is 3.64. The zero-order valence-electron chi connectivity index (χ0n) is 7.69. The largest absolute Gasteiger partial charge is 0.314 e. The summed E-state index contributed by atoms with van der Waals surface area (Å²) < 4.78 is 0. The normalized spacial score (nSPS) is 42.0. The molecule has 2 aliphatic rings. The zero-order valence-corrected chi connectivity index (χ0v) is 7.69. The molecule has 2 unspecified atom stereocenters. The van der Waals surface area contributed by atoms with Gasteiger partial charge in [0.1, 0.15) is 0 Å². The predicted molar refractivity (Wildman–Crippen MR) is 47.5 cm³/mol. The fraction of sp³-hybridized carbons (Fsp3) is 1.00. The number of nitrogens with one attached hydrogen (secondary N) is 1. The van der Waals surface area contributed by atoms with Gasteiger partial charge in [-0.15, -0.1) is 0 Å². The van der Waals surface area contributed by atoms with Crippen molar-refractivity contribution < 1.29 is 0 Å². The Morgan fingerprint density at radius 1 is 1.27 bits per heavy atom. The van der Waals surface area contributed by atoms with E-state index in [1.165, 1.54) is 32.2 Å². The van der Waals surface area contributed by atoms with Gasteiger partial charge in [0.05, 0.1) is 0 Å². The molecule has 1 saturated carbocycles. The Morgan fingerprint density at radius 2 is 2.09 bits per heavy atom. The second-order valence-corrected chi connectivity index (χ2v) is 5.04. The molecule has 1 saturated heterocycles. The SMILES string of the molecule is CC1(C)CC2CCCNC2C1. The van der Waals surface area contributed by atoms with Gasteiger partial charge >= 0.3 is 0 Å². The van der Waals surface area contributed by atoms with Gasteiger partial charge < -0.3 is 5.32 Å². The van der Waals surface area contributed by atoms with Crippen LogP contribution in [0.25, 0.3) is 0 Å². The molecule has 0 amide bonds. The van der Waals surface area contributed by atoms with E-state index in [-0.39, 0.29) is 0 Å². The van der Waals surface area contributed by atoms with Crippen LogP contribution in [0.5, 0.6) is 0 Å². The third kappa shape index (κ3) is 1.44. The number of fused-ring (bicyclic) bond motifs is 1. The lowest BCUT2D eigenvalue weighted by Gasteiger charge is -2.25. The van der Waals surface area contributed by atoms with E-state index in [0.29, 0.717) is 5.41 Å². The Labute approximate surface area is 69.6 Å². The van der Waals surface area contributed by atoms with E-state index in [9.17, 15) is 0 Å². The first-order valence-electron chi connectivity index (χ1n) is 4.91. The minimum absolute atomic E-state index is 0.618. The Bertz CT molecular complexity index is 135. The Balaban J connectivity index is 2.03. The summed E-state index contributed by atoms with van der Waals surface area (Å²) in [6.07, 6.45) is 5.72. The minimum Gasteiger partial charge on any atom is -0.314 e. The van der Waals surface area contributed by atoms with Gasteiger partial charge in [-0.2, -0.15) is 0 Å². The van der Waals surface area contributed by atoms with Gasteiger partial charge in [-0.05, 0) is 43.6 Å². The third-order valence-electron chi connectivity index (χ3n) is 3.31. The van der Waals surface area contributed by atoms with Gasteiger partial charge in [-0.25, -0.2) is 0 Å². The lowest BCUT2D eigenvalue weighted by atomic mass is 9.89. The summed E-state index contributed by atoms with van der Waals surface area (Å²) in [5, 5.41) is 3.64. The smallest absolute Gasteiger partial charge is 0.0101 e. The van der Waals surface area contributed by atoms with Crippen LogP contribution in [0.1, 0.15) is 39.5 Å². The molecule has 1 heterocycles. The molecule has 0 bridgehead atoms. The summed E-state index contributed by atoms with van der Waals surface area (Å²) in [5.74, 6) is 0.999. The summed E-state index contributed by atoms with van der Waals surface area (Å²) in [5.41, 5.74) is 0.618. The average Bonchev–Trinajstić information content (AvgIpc) is 2.21. The van der Waals surface area contributed by atoms with Crippen LogP contribution in [0.15, 0.2) is 0 Å². The molecule has 0 radical (unpaired) electrons. The second kappa shape index (κ2) is 2.48. The van der Waals surface area contributed by atoms with E-state index in [0.717, 1.165) is 12.0 Å². The van der Waals surface area contributed by atoms with Crippen molar-refractivity contribution >= 4 is 0 Å². The van der Waals surface area contributed by atoms with Gasteiger partial charge in [0.2, 0.25) is 0 Å². The highest BCUT2D eigenvalue weighted by Gasteiger charge is 2.39. The van der Waals surface area contributed by atoms with Gasteiger partial charge in [0.25, 0.3) is 0 Å². The first kappa shape index (κ1) is 7.60. The summed E-state index contributed by atoms with van der Waals surface area (Å²) in [6, 6.07) is 0.860. The number of hydrogen-bond donors (Lipinski definition) is 1. The van der Waals surface area contributed by atoms with Gasteiger partial charge in [0, 0.05) is 6.04 Å². The van der Waals surface area contributed by atoms with Crippen molar-refractivity contribution in [3.63, 3.8) is 0 Å². The highest BCUT2D eigenvalue weighted by molar-refractivity contribution is 4.94. The first-order valence-corrected chi connectivity index (χ1v) is 4.91. The topological polar surface area (TPSA) is 12.0 Å². The van der Waals surface area contributed by atoms with E-state index in [1.807, 2.05) is 0 Å². The summed E-state index contributed by atoms with van der Waals surface area (Å²) in [7, 11) is 0. The van der Waals surface area contributed by atoms with Gasteiger partial charge in [-0.3, -0.25) is 0 Å². The second-order valence-electron chi connectivity index (χ2n) is 5.04. The van der Waals surface area contributed by atoms with Crippen molar-refractivity contribution in [2.24, 2.45) is 11.3 Å². The molecule has 2 rings (SSSR count). The lowest BCUT2D eigenvalue weighted by molar-refractivity contribution is 0.316. The molecule has 0 aromatic heterocycles. The van der Waals surface area contributed by atoms with Crippen LogP contribution in [-0.2, 0) is 0 Å². The van der Waals surface area contributed by atoms with Crippen molar-refractivity contribution in [3.8, 4) is 0 Å². The molecule has 1 aliphatic heterocycles. The van der Waals surface area contributed by atoms with Crippen LogP contribution in [0.4, 0.5) is 0 Å². The van der Waals surface area contributed by atoms with Gasteiger partial charge in [-0.1, -0.05) is 13.8 Å². The van der Waals surface area contributed by atoms with Crippen LogP contribution in [0.3, 0.4) is 0 Å². The number of rotatable bonds is 0. The number of hydrogen-bond acceptors (Lipinski definition) is 1. The summed E-state index contributed by atoms with van der Waals surface area (Å²) >= 11 is 0. The van der Waals surface area contributed by atoms with E-state index < -0.39 is 0 Å². The molecule has 0 spiro atoms. The molecule has 2 fully saturated rings. The molecule has 0 aromatic carbocycles. The quantitative estimate of drug-likeness (QED) is 0.562. The van der Waals surface area contributed by atoms with Crippen molar-refractivity contribution in [2.45, 2.75) is 45.6 Å². The predicted octanol–water partition coefficient (Wildman–Crippen LogP) is 2.17. The molecule has 1 aliphatic carbocycles. The maximum Gasteiger partial charge on any atom is 0.0101 e. The van der Waals surface area contributed by atoms with Gasteiger partial charge in [0.15, 0.2) is 0 Å². The van der Waals surface area contributed by atoms with Crippen molar-refractivity contribution in [3.05, 3.63) is 0 Å². The molecule has 11 heavy (non-hydrogen) atoms. The third-order valence-corrected chi connectivity index (χ3v) is 3.31. The van der Waals surface area contributed by atoms with Crippen LogP contribution in [0, 0.1) is 11.3 Å². The summed E-state index contributed by atoms with van der Waals surface area (Å²) in [6.45, 7) is 6.08. The summed E-state index contributed by atoms with van der Waals surface area (Å²) in [4.78, 5) is 0. The Morgan fingerprint density at radius 3 is 2.82 bits per heavy atom. The van der Waals surface area contributed by atoms with E-state index >= 15 is 0 Å².